The van der Waals surface area contributed by atoms with Gasteiger partial charge in [0.15, 0.2) is 0 Å². The first-order valence-corrected chi connectivity index (χ1v) is 10.5. The van der Waals surface area contributed by atoms with Crippen LogP contribution in [0, 0.1) is 0 Å². The maximum absolute atomic E-state index is 12.7. The van der Waals surface area contributed by atoms with Crippen LogP contribution in [-0.4, -0.2) is 65.2 Å². The summed E-state index contributed by atoms with van der Waals surface area (Å²) in [5, 5.41) is 2.09. The molecule has 27 heavy (non-hydrogen) atoms. The van der Waals surface area contributed by atoms with Gasteiger partial charge in [0.1, 0.15) is 6.23 Å². The standard InChI is InChI=1S/C20H24N4O2S/c25-18-13-22(12-17-2-1-11-27-17)14-19-24(18)15-20(26-19)5-9-23(10-6-20)16-3-7-21-8-4-16/h1-4,7-8,11,19H,5-6,9-10,12-15H2. The van der Waals surface area contributed by atoms with Crippen LogP contribution in [0.1, 0.15) is 17.7 Å². The molecule has 1 unspecified atom stereocenters. The molecule has 0 N–H and O–H groups in total. The molecule has 1 spiro atoms. The molecular weight excluding hydrogens is 360 g/mol. The number of pyridine rings is 1. The van der Waals surface area contributed by atoms with E-state index in [9.17, 15) is 4.79 Å². The van der Waals surface area contributed by atoms with Crippen LogP contribution in [-0.2, 0) is 16.1 Å². The fourth-order valence-corrected chi connectivity index (χ4v) is 5.25. The van der Waals surface area contributed by atoms with E-state index in [1.54, 1.807) is 11.3 Å². The first kappa shape index (κ1) is 17.2. The zero-order chi connectivity index (χ0) is 18.3. The van der Waals surface area contributed by atoms with Gasteiger partial charge in [0, 0.05) is 49.1 Å². The number of carbonyl (C=O) groups excluding carboxylic acids is 1. The van der Waals surface area contributed by atoms with E-state index in [1.807, 2.05) is 17.3 Å². The number of aromatic nitrogens is 1. The lowest BCUT2D eigenvalue weighted by Gasteiger charge is -2.39. The number of hydrogen-bond donors (Lipinski definition) is 0. The predicted octanol–water partition coefficient (Wildman–Crippen LogP) is 2.18. The molecule has 3 saturated heterocycles. The van der Waals surface area contributed by atoms with Crippen molar-refractivity contribution in [2.45, 2.75) is 31.2 Å². The minimum atomic E-state index is -0.178. The molecule has 5 rings (SSSR count). The smallest absolute Gasteiger partial charge is 0.238 e. The van der Waals surface area contributed by atoms with Crippen molar-refractivity contribution in [1.29, 1.82) is 0 Å². The van der Waals surface area contributed by atoms with Crippen LogP contribution in [0.2, 0.25) is 0 Å². The Morgan fingerprint density at radius 1 is 1.22 bits per heavy atom. The van der Waals surface area contributed by atoms with Crippen molar-refractivity contribution >= 4 is 22.9 Å². The van der Waals surface area contributed by atoms with Crippen molar-refractivity contribution in [2.24, 2.45) is 0 Å². The number of piperidine rings is 1. The predicted molar refractivity (Wildman–Crippen MR) is 105 cm³/mol. The highest BCUT2D eigenvalue weighted by molar-refractivity contribution is 7.09. The van der Waals surface area contributed by atoms with Gasteiger partial charge in [-0.05, 0) is 36.4 Å². The third kappa shape index (κ3) is 3.35. The molecular formula is C20H24N4O2S. The van der Waals surface area contributed by atoms with Gasteiger partial charge in [0.2, 0.25) is 5.91 Å². The van der Waals surface area contributed by atoms with Crippen molar-refractivity contribution in [2.75, 3.05) is 37.6 Å². The van der Waals surface area contributed by atoms with E-state index in [0.717, 1.165) is 45.6 Å². The molecule has 5 heterocycles. The van der Waals surface area contributed by atoms with E-state index in [2.05, 4.69) is 44.4 Å². The summed E-state index contributed by atoms with van der Waals surface area (Å²) in [7, 11) is 0. The second kappa shape index (κ2) is 6.89. The Bertz CT molecular complexity index is 790. The molecule has 0 radical (unpaired) electrons. The minimum Gasteiger partial charge on any atom is -0.371 e. The molecule has 6 nitrogen and oxygen atoms in total. The average molecular weight is 385 g/mol. The number of thiophene rings is 1. The van der Waals surface area contributed by atoms with Gasteiger partial charge in [-0.15, -0.1) is 11.3 Å². The molecule has 2 aromatic heterocycles. The highest BCUT2D eigenvalue weighted by Gasteiger charge is 2.50. The summed E-state index contributed by atoms with van der Waals surface area (Å²) >= 11 is 1.75. The topological polar surface area (TPSA) is 48.9 Å². The Morgan fingerprint density at radius 3 is 2.78 bits per heavy atom. The number of rotatable bonds is 3. The number of nitrogens with zero attached hydrogens (tertiary/aromatic N) is 4. The Balaban J connectivity index is 1.24. The normalized spacial score (nSPS) is 25.2. The lowest BCUT2D eigenvalue weighted by Crippen LogP contribution is -2.53. The molecule has 7 heteroatoms. The van der Waals surface area contributed by atoms with Gasteiger partial charge < -0.3 is 14.5 Å². The van der Waals surface area contributed by atoms with Crippen molar-refractivity contribution in [3.05, 3.63) is 46.9 Å². The molecule has 1 amide bonds. The number of ether oxygens (including phenoxy) is 1. The lowest BCUT2D eigenvalue weighted by molar-refractivity contribution is -0.149. The number of hydrogen-bond acceptors (Lipinski definition) is 6. The molecule has 3 aliphatic rings. The summed E-state index contributed by atoms with van der Waals surface area (Å²) in [5.74, 6) is 0.205. The first-order chi connectivity index (χ1) is 13.2. The Labute approximate surface area is 163 Å². The van der Waals surface area contributed by atoms with Gasteiger partial charge in [0.05, 0.1) is 18.7 Å². The fraction of sp³-hybridized carbons (Fsp3) is 0.500. The van der Waals surface area contributed by atoms with Gasteiger partial charge in [-0.2, -0.15) is 0 Å². The number of amides is 1. The van der Waals surface area contributed by atoms with Crippen LogP contribution in [0.3, 0.4) is 0 Å². The summed E-state index contributed by atoms with van der Waals surface area (Å²) in [4.78, 5) is 24.7. The average Bonchev–Trinajstić information content (AvgIpc) is 3.31. The van der Waals surface area contributed by atoms with Gasteiger partial charge >= 0.3 is 0 Å². The maximum Gasteiger partial charge on any atom is 0.238 e. The summed E-state index contributed by atoms with van der Waals surface area (Å²) in [6, 6.07) is 8.31. The van der Waals surface area contributed by atoms with E-state index in [-0.39, 0.29) is 17.7 Å². The highest BCUT2D eigenvalue weighted by atomic mass is 32.1. The molecule has 142 valence electrons. The van der Waals surface area contributed by atoms with Crippen molar-refractivity contribution in [3.8, 4) is 0 Å². The summed E-state index contributed by atoms with van der Waals surface area (Å²) in [6.07, 6.45) is 5.50. The first-order valence-electron chi connectivity index (χ1n) is 9.58. The monoisotopic (exact) mass is 384 g/mol. The SMILES string of the molecule is O=C1CN(Cc2cccs2)CC2OC3(CCN(c4ccncc4)CC3)CN12. The summed E-state index contributed by atoms with van der Waals surface area (Å²) < 4.78 is 6.53. The molecule has 0 bridgehead atoms. The Morgan fingerprint density at radius 2 is 2.04 bits per heavy atom. The number of anilines is 1. The van der Waals surface area contributed by atoms with Crippen LogP contribution in [0.5, 0.6) is 0 Å². The number of carbonyl (C=O) groups is 1. The minimum absolute atomic E-state index is 0.0984. The number of piperazine rings is 1. The zero-order valence-corrected chi connectivity index (χ0v) is 16.1. The van der Waals surface area contributed by atoms with Gasteiger partial charge in [-0.25, -0.2) is 0 Å². The largest absolute Gasteiger partial charge is 0.371 e. The second-order valence-corrected chi connectivity index (χ2v) is 8.75. The zero-order valence-electron chi connectivity index (χ0n) is 15.3. The van der Waals surface area contributed by atoms with Crippen molar-refractivity contribution in [3.63, 3.8) is 0 Å². The Kier molecular flexibility index (Phi) is 4.38. The van der Waals surface area contributed by atoms with Crippen LogP contribution in [0.15, 0.2) is 42.0 Å². The lowest BCUT2D eigenvalue weighted by atomic mass is 9.91. The Hall–Kier alpha value is -1.96. The van der Waals surface area contributed by atoms with E-state index < -0.39 is 0 Å². The molecule has 2 aromatic rings. The molecule has 0 aromatic carbocycles. The van der Waals surface area contributed by atoms with E-state index >= 15 is 0 Å². The second-order valence-electron chi connectivity index (χ2n) is 7.72. The third-order valence-corrected chi connectivity index (χ3v) is 6.81. The summed E-state index contributed by atoms with van der Waals surface area (Å²) in [5.41, 5.74) is 1.04. The molecule has 3 fully saturated rings. The van der Waals surface area contributed by atoms with Crippen LogP contribution < -0.4 is 4.90 Å². The van der Waals surface area contributed by atoms with Crippen molar-refractivity contribution < 1.29 is 9.53 Å². The van der Waals surface area contributed by atoms with Crippen LogP contribution in [0.4, 0.5) is 5.69 Å². The van der Waals surface area contributed by atoms with E-state index in [0.29, 0.717) is 6.54 Å². The van der Waals surface area contributed by atoms with E-state index in [4.69, 9.17) is 4.74 Å². The fourth-order valence-electron chi connectivity index (χ4n) is 4.50. The van der Waals surface area contributed by atoms with Gasteiger partial charge in [-0.3, -0.25) is 14.7 Å². The highest BCUT2D eigenvalue weighted by Crippen LogP contribution is 2.38. The van der Waals surface area contributed by atoms with Gasteiger partial charge in [-0.1, -0.05) is 6.07 Å². The maximum atomic E-state index is 12.7. The quantitative estimate of drug-likeness (QED) is 0.812. The molecule has 0 saturated carbocycles. The third-order valence-electron chi connectivity index (χ3n) is 5.95. The molecule has 0 aliphatic carbocycles. The van der Waals surface area contributed by atoms with Gasteiger partial charge in [0.25, 0.3) is 0 Å². The molecule has 1 atom stereocenters. The van der Waals surface area contributed by atoms with E-state index in [1.165, 1.54) is 10.6 Å². The molecule has 3 aliphatic heterocycles. The van der Waals surface area contributed by atoms with Crippen LogP contribution in [0.25, 0.3) is 0 Å². The summed E-state index contributed by atoms with van der Waals surface area (Å²) in [6.45, 7) is 4.79. The number of fused-ring (bicyclic) bond motifs is 1. The van der Waals surface area contributed by atoms with Crippen LogP contribution >= 0.6 is 11.3 Å². The van der Waals surface area contributed by atoms with Crippen molar-refractivity contribution in [1.82, 2.24) is 14.8 Å².